The molecule has 0 radical (unpaired) electrons. The van der Waals surface area contributed by atoms with Crippen LogP contribution >= 0.6 is 0 Å². The summed E-state index contributed by atoms with van der Waals surface area (Å²) >= 11 is 0. The largest absolute Gasteiger partial charge is 0.425 e. The summed E-state index contributed by atoms with van der Waals surface area (Å²) in [6.07, 6.45) is 0. The lowest BCUT2D eigenvalue weighted by molar-refractivity contribution is -0.136. The molecule has 3 heteroatoms. The Hall–Kier alpha value is -1.35. The van der Waals surface area contributed by atoms with Gasteiger partial charge in [0, 0.05) is 0 Å². The normalized spacial score (nSPS) is 11.8. The summed E-state index contributed by atoms with van der Waals surface area (Å²) in [5.74, 6) is 0.725. The summed E-state index contributed by atoms with van der Waals surface area (Å²) < 4.78 is 5.21. The number of esters is 1. The molecule has 0 aromatic heterocycles. The highest BCUT2D eigenvalue weighted by atomic mass is 16.5. The van der Waals surface area contributed by atoms with E-state index in [-0.39, 0.29) is 11.9 Å². The Bertz CT molecular complexity index is 369. The number of ether oxygens (including phenoxy) is 1. The number of carbonyl (C=O) groups excluding carboxylic acids is 1. The van der Waals surface area contributed by atoms with Crippen molar-refractivity contribution in [2.75, 3.05) is 0 Å². The van der Waals surface area contributed by atoms with E-state index in [0.29, 0.717) is 11.7 Å². The first-order chi connectivity index (χ1) is 8.91. The Morgan fingerprint density at radius 3 is 1.89 bits per heavy atom. The van der Waals surface area contributed by atoms with Crippen LogP contribution in [0.5, 0.6) is 5.75 Å². The summed E-state index contributed by atoms with van der Waals surface area (Å²) in [5, 5.41) is 0. The molecular formula is C16H27NO2. The van der Waals surface area contributed by atoms with Gasteiger partial charge in [-0.15, -0.1) is 0 Å². The van der Waals surface area contributed by atoms with E-state index in [1.165, 1.54) is 5.56 Å². The highest BCUT2D eigenvalue weighted by molar-refractivity contribution is 5.78. The van der Waals surface area contributed by atoms with Gasteiger partial charge in [-0.3, -0.25) is 0 Å². The van der Waals surface area contributed by atoms with E-state index in [0.717, 1.165) is 0 Å². The molecule has 0 saturated carbocycles. The average Bonchev–Trinajstić information content (AvgIpc) is 2.40. The van der Waals surface area contributed by atoms with Gasteiger partial charge < -0.3 is 10.5 Å². The van der Waals surface area contributed by atoms with Crippen LogP contribution in [-0.2, 0) is 4.79 Å². The van der Waals surface area contributed by atoms with E-state index in [1.54, 1.807) is 12.1 Å². The fourth-order valence-electron chi connectivity index (χ4n) is 1.38. The third-order valence-corrected chi connectivity index (χ3v) is 2.76. The fraction of sp³-hybridized carbons (Fsp3) is 0.562. The summed E-state index contributed by atoms with van der Waals surface area (Å²) in [6, 6.07) is 6.97. The van der Waals surface area contributed by atoms with Crippen LogP contribution in [0.3, 0.4) is 0 Å². The number of nitrogens with two attached hydrogens (primary N) is 1. The number of rotatable bonds is 4. The molecule has 0 aliphatic rings. The van der Waals surface area contributed by atoms with Crippen molar-refractivity contribution in [3.63, 3.8) is 0 Å². The van der Waals surface area contributed by atoms with Gasteiger partial charge in [-0.05, 0) is 29.5 Å². The molecule has 1 atom stereocenters. The van der Waals surface area contributed by atoms with Gasteiger partial charge in [-0.25, -0.2) is 4.79 Å². The zero-order valence-electron chi connectivity index (χ0n) is 12.9. The predicted octanol–water partition coefficient (Wildman–Crippen LogP) is 3.72. The van der Waals surface area contributed by atoms with Crippen LogP contribution in [0.1, 0.15) is 53.0 Å². The van der Waals surface area contributed by atoms with Crippen LogP contribution in [0.2, 0.25) is 0 Å². The van der Waals surface area contributed by atoms with Gasteiger partial charge in [0.05, 0.1) is 0 Å². The predicted molar refractivity (Wildman–Crippen MR) is 80.3 cm³/mol. The lowest BCUT2D eigenvalue weighted by atomic mass is 10.0. The van der Waals surface area contributed by atoms with E-state index in [2.05, 4.69) is 13.8 Å². The maximum absolute atomic E-state index is 11.6. The maximum Gasteiger partial charge on any atom is 0.328 e. The smallest absolute Gasteiger partial charge is 0.328 e. The van der Waals surface area contributed by atoms with Crippen molar-refractivity contribution in [2.45, 2.75) is 53.5 Å². The van der Waals surface area contributed by atoms with Crippen molar-refractivity contribution in [1.82, 2.24) is 0 Å². The van der Waals surface area contributed by atoms with E-state index in [1.807, 2.05) is 39.8 Å². The molecule has 1 aromatic carbocycles. The Kier molecular flexibility index (Phi) is 8.08. The lowest BCUT2D eigenvalue weighted by Gasteiger charge is -2.14. The topological polar surface area (TPSA) is 52.3 Å². The fourth-order valence-corrected chi connectivity index (χ4v) is 1.38. The number of carbonyl (C=O) groups is 1. The van der Waals surface area contributed by atoms with Gasteiger partial charge in [0.25, 0.3) is 0 Å². The molecule has 19 heavy (non-hydrogen) atoms. The van der Waals surface area contributed by atoms with Crippen LogP contribution < -0.4 is 10.5 Å². The highest BCUT2D eigenvalue weighted by Gasteiger charge is 2.19. The molecule has 0 amide bonds. The van der Waals surface area contributed by atoms with E-state index in [9.17, 15) is 4.79 Å². The van der Waals surface area contributed by atoms with Crippen molar-refractivity contribution in [2.24, 2.45) is 11.7 Å². The molecule has 1 rings (SSSR count). The number of benzene rings is 1. The van der Waals surface area contributed by atoms with Gasteiger partial charge in [0.1, 0.15) is 11.8 Å². The summed E-state index contributed by atoms with van der Waals surface area (Å²) in [6.45, 7) is 12.0. The van der Waals surface area contributed by atoms with Crippen LogP contribution in [0.4, 0.5) is 0 Å². The average molecular weight is 265 g/mol. The van der Waals surface area contributed by atoms with Crippen molar-refractivity contribution < 1.29 is 9.53 Å². The van der Waals surface area contributed by atoms with E-state index >= 15 is 0 Å². The zero-order valence-corrected chi connectivity index (χ0v) is 12.9. The van der Waals surface area contributed by atoms with Gasteiger partial charge >= 0.3 is 5.97 Å². The van der Waals surface area contributed by atoms with Crippen molar-refractivity contribution in [1.29, 1.82) is 0 Å². The quantitative estimate of drug-likeness (QED) is 0.666. The molecule has 2 N–H and O–H groups in total. The van der Waals surface area contributed by atoms with Crippen LogP contribution in [-0.4, -0.2) is 12.0 Å². The molecule has 1 unspecified atom stereocenters. The first-order valence-electron chi connectivity index (χ1n) is 6.99. The van der Waals surface area contributed by atoms with Crippen LogP contribution in [0.15, 0.2) is 24.3 Å². The van der Waals surface area contributed by atoms with Gasteiger partial charge in [0.2, 0.25) is 0 Å². The number of hydrogen-bond donors (Lipinski definition) is 1. The molecule has 0 bridgehead atoms. The van der Waals surface area contributed by atoms with E-state index < -0.39 is 6.04 Å². The molecule has 0 heterocycles. The summed E-state index contributed by atoms with van der Waals surface area (Å²) in [4.78, 5) is 11.6. The Morgan fingerprint density at radius 2 is 1.53 bits per heavy atom. The Morgan fingerprint density at radius 1 is 1.05 bits per heavy atom. The Balaban J connectivity index is 0.00000154. The van der Waals surface area contributed by atoms with E-state index in [4.69, 9.17) is 10.5 Å². The van der Waals surface area contributed by atoms with Crippen molar-refractivity contribution in [3.05, 3.63) is 29.8 Å². The first-order valence-corrected chi connectivity index (χ1v) is 6.99. The van der Waals surface area contributed by atoms with Gasteiger partial charge in [-0.1, -0.05) is 53.7 Å². The minimum absolute atomic E-state index is 0.0810. The summed E-state index contributed by atoms with van der Waals surface area (Å²) in [7, 11) is 0. The second kappa shape index (κ2) is 8.70. The maximum atomic E-state index is 11.6. The van der Waals surface area contributed by atoms with Gasteiger partial charge in [0.15, 0.2) is 0 Å². The monoisotopic (exact) mass is 265 g/mol. The molecule has 108 valence electrons. The molecule has 0 saturated heterocycles. The molecule has 1 aromatic rings. The third-order valence-electron chi connectivity index (χ3n) is 2.76. The standard InChI is InChI=1S/C14H21NO2.C2H6/c1-9(2)11-5-7-12(8-6-11)17-14(16)13(15)10(3)4;1-2/h5-10,13H,15H2,1-4H3;1-2H3. The summed E-state index contributed by atoms with van der Waals surface area (Å²) in [5.41, 5.74) is 6.93. The van der Waals surface area contributed by atoms with Crippen molar-refractivity contribution in [3.8, 4) is 5.75 Å². The lowest BCUT2D eigenvalue weighted by Crippen LogP contribution is -2.38. The SMILES string of the molecule is CC.CC(C)c1ccc(OC(=O)C(N)C(C)C)cc1. The van der Waals surface area contributed by atoms with Gasteiger partial charge in [-0.2, -0.15) is 0 Å². The minimum Gasteiger partial charge on any atom is -0.425 e. The molecule has 3 nitrogen and oxygen atoms in total. The van der Waals surface area contributed by atoms with Crippen molar-refractivity contribution >= 4 is 5.97 Å². The first kappa shape index (κ1) is 17.6. The Labute approximate surface area is 117 Å². The highest BCUT2D eigenvalue weighted by Crippen LogP contribution is 2.19. The van der Waals surface area contributed by atoms with Crippen LogP contribution in [0, 0.1) is 5.92 Å². The zero-order chi connectivity index (χ0) is 15.0. The third kappa shape index (κ3) is 5.88. The molecule has 0 spiro atoms. The number of hydrogen-bond acceptors (Lipinski definition) is 3. The van der Waals surface area contributed by atoms with Crippen LogP contribution in [0.25, 0.3) is 0 Å². The molecule has 0 fully saturated rings. The minimum atomic E-state index is -0.570. The molecule has 0 aliphatic heterocycles. The molecule has 0 aliphatic carbocycles. The second-order valence-electron chi connectivity index (χ2n) is 4.91. The molecular weight excluding hydrogens is 238 g/mol. The second-order valence-corrected chi connectivity index (χ2v) is 4.91.